The SMILES string of the molecule is CC(c1ccc(-c2ccc([C@H]3CCCNC3)cc2)cc1)N1CCCC1. The molecule has 132 valence electrons. The molecule has 1 unspecified atom stereocenters. The summed E-state index contributed by atoms with van der Waals surface area (Å²) in [5.41, 5.74) is 5.57. The maximum absolute atomic E-state index is 3.52. The van der Waals surface area contributed by atoms with Gasteiger partial charge in [-0.05, 0) is 80.4 Å². The Labute approximate surface area is 152 Å². The largest absolute Gasteiger partial charge is 0.316 e. The highest BCUT2D eigenvalue weighted by Gasteiger charge is 2.19. The van der Waals surface area contributed by atoms with Crippen molar-refractivity contribution in [1.29, 1.82) is 0 Å². The minimum atomic E-state index is 0.540. The lowest BCUT2D eigenvalue weighted by Crippen LogP contribution is -2.28. The summed E-state index contributed by atoms with van der Waals surface area (Å²) >= 11 is 0. The summed E-state index contributed by atoms with van der Waals surface area (Å²) in [6.07, 6.45) is 5.31. The van der Waals surface area contributed by atoms with Crippen LogP contribution in [0.2, 0.25) is 0 Å². The lowest BCUT2D eigenvalue weighted by atomic mass is 9.90. The second-order valence-corrected chi connectivity index (χ2v) is 7.71. The molecule has 2 atom stereocenters. The Morgan fingerprint density at radius 1 is 0.880 bits per heavy atom. The number of nitrogens with one attached hydrogen (secondary N) is 1. The van der Waals surface area contributed by atoms with E-state index < -0.39 is 0 Å². The number of hydrogen-bond donors (Lipinski definition) is 1. The average Bonchev–Trinajstić information content (AvgIpc) is 3.23. The van der Waals surface area contributed by atoms with Gasteiger partial charge >= 0.3 is 0 Å². The third-order valence-electron chi connectivity index (χ3n) is 6.09. The van der Waals surface area contributed by atoms with Gasteiger partial charge in [0.2, 0.25) is 0 Å². The Morgan fingerprint density at radius 3 is 2.12 bits per heavy atom. The van der Waals surface area contributed by atoms with Crippen molar-refractivity contribution in [3.05, 3.63) is 59.7 Å². The van der Waals surface area contributed by atoms with Gasteiger partial charge in [-0.2, -0.15) is 0 Å². The van der Waals surface area contributed by atoms with E-state index in [1.165, 1.54) is 67.6 Å². The Balaban J connectivity index is 1.46. The summed E-state index contributed by atoms with van der Waals surface area (Å²) in [6, 6.07) is 19.0. The molecule has 2 saturated heterocycles. The van der Waals surface area contributed by atoms with Crippen molar-refractivity contribution in [2.75, 3.05) is 26.2 Å². The van der Waals surface area contributed by atoms with Gasteiger partial charge < -0.3 is 5.32 Å². The molecule has 2 aliphatic rings. The Kier molecular flexibility index (Phi) is 5.19. The first-order valence-corrected chi connectivity index (χ1v) is 9.96. The highest BCUT2D eigenvalue weighted by molar-refractivity contribution is 5.64. The molecule has 2 fully saturated rings. The van der Waals surface area contributed by atoms with Crippen molar-refractivity contribution in [1.82, 2.24) is 10.2 Å². The molecule has 0 amide bonds. The molecule has 2 aromatic rings. The van der Waals surface area contributed by atoms with Crippen LogP contribution in [0, 0.1) is 0 Å². The molecule has 2 aliphatic heterocycles. The van der Waals surface area contributed by atoms with Gasteiger partial charge in [0.15, 0.2) is 0 Å². The molecule has 0 radical (unpaired) electrons. The normalized spacial score (nSPS) is 22.8. The fraction of sp³-hybridized carbons (Fsp3) is 0.478. The van der Waals surface area contributed by atoms with Gasteiger partial charge in [-0.3, -0.25) is 4.90 Å². The smallest absolute Gasteiger partial charge is 0.0319 e. The quantitative estimate of drug-likeness (QED) is 0.848. The molecular weight excluding hydrogens is 304 g/mol. The summed E-state index contributed by atoms with van der Waals surface area (Å²) in [7, 11) is 0. The molecule has 4 rings (SSSR count). The van der Waals surface area contributed by atoms with Crippen molar-refractivity contribution in [3.8, 4) is 11.1 Å². The number of piperidine rings is 1. The van der Waals surface area contributed by atoms with Crippen LogP contribution in [0.3, 0.4) is 0 Å². The van der Waals surface area contributed by atoms with Crippen molar-refractivity contribution < 1.29 is 0 Å². The van der Waals surface area contributed by atoms with E-state index in [1.54, 1.807) is 0 Å². The predicted molar refractivity (Wildman–Crippen MR) is 106 cm³/mol. The maximum Gasteiger partial charge on any atom is 0.0319 e. The summed E-state index contributed by atoms with van der Waals surface area (Å²) in [5.74, 6) is 0.687. The van der Waals surface area contributed by atoms with Crippen LogP contribution in [0.1, 0.15) is 55.7 Å². The summed E-state index contributed by atoms with van der Waals surface area (Å²) in [6.45, 7) is 7.15. The molecule has 2 heteroatoms. The Morgan fingerprint density at radius 2 is 1.52 bits per heavy atom. The van der Waals surface area contributed by atoms with Crippen LogP contribution in [0.15, 0.2) is 48.5 Å². The van der Waals surface area contributed by atoms with Crippen LogP contribution in [-0.2, 0) is 0 Å². The van der Waals surface area contributed by atoms with Gasteiger partial charge in [0, 0.05) is 12.6 Å². The van der Waals surface area contributed by atoms with Crippen molar-refractivity contribution in [2.24, 2.45) is 0 Å². The molecule has 25 heavy (non-hydrogen) atoms. The molecule has 2 heterocycles. The van der Waals surface area contributed by atoms with Crippen LogP contribution < -0.4 is 5.32 Å². The molecule has 0 bridgehead atoms. The molecular formula is C23H30N2. The first kappa shape index (κ1) is 16.8. The van der Waals surface area contributed by atoms with E-state index in [9.17, 15) is 0 Å². The third-order valence-corrected chi connectivity index (χ3v) is 6.09. The van der Waals surface area contributed by atoms with Crippen LogP contribution in [-0.4, -0.2) is 31.1 Å². The van der Waals surface area contributed by atoms with E-state index in [-0.39, 0.29) is 0 Å². The van der Waals surface area contributed by atoms with Gasteiger partial charge in [0.05, 0.1) is 0 Å². The molecule has 2 nitrogen and oxygen atoms in total. The van der Waals surface area contributed by atoms with E-state index in [4.69, 9.17) is 0 Å². The minimum Gasteiger partial charge on any atom is -0.316 e. The van der Waals surface area contributed by atoms with Crippen molar-refractivity contribution in [2.45, 2.75) is 44.6 Å². The number of benzene rings is 2. The standard InChI is InChI=1S/C23H30N2/c1-18(25-15-2-3-16-25)19-6-8-20(9-7-19)21-10-12-22(13-11-21)23-5-4-14-24-17-23/h6-13,18,23-24H,2-5,14-17H2,1H3/t18?,23-/m0/s1. The van der Waals surface area contributed by atoms with Crippen LogP contribution in [0.4, 0.5) is 0 Å². The van der Waals surface area contributed by atoms with E-state index in [1.807, 2.05) is 0 Å². The van der Waals surface area contributed by atoms with Crippen LogP contribution in [0.25, 0.3) is 11.1 Å². The molecule has 2 aromatic carbocycles. The Hall–Kier alpha value is -1.64. The minimum absolute atomic E-state index is 0.540. The summed E-state index contributed by atoms with van der Waals surface area (Å²) < 4.78 is 0. The third kappa shape index (κ3) is 3.80. The number of hydrogen-bond acceptors (Lipinski definition) is 2. The number of nitrogens with zero attached hydrogens (tertiary/aromatic N) is 1. The second-order valence-electron chi connectivity index (χ2n) is 7.71. The molecule has 0 spiro atoms. The highest BCUT2D eigenvalue weighted by atomic mass is 15.2. The molecule has 1 N–H and O–H groups in total. The number of rotatable bonds is 4. The van der Waals surface area contributed by atoms with Crippen molar-refractivity contribution >= 4 is 0 Å². The van der Waals surface area contributed by atoms with E-state index >= 15 is 0 Å². The van der Waals surface area contributed by atoms with Crippen molar-refractivity contribution in [3.63, 3.8) is 0 Å². The van der Waals surface area contributed by atoms with Crippen LogP contribution in [0.5, 0.6) is 0 Å². The zero-order valence-electron chi connectivity index (χ0n) is 15.4. The zero-order chi connectivity index (χ0) is 17.1. The average molecular weight is 335 g/mol. The topological polar surface area (TPSA) is 15.3 Å². The van der Waals surface area contributed by atoms with Gasteiger partial charge in [0.1, 0.15) is 0 Å². The fourth-order valence-corrected chi connectivity index (χ4v) is 4.38. The van der Waals surface area contributed by atoms with Gasteiger partial charge in [-0.1, -0.05) is 48.5 Å². The van der Waals surface area contributed by atoms with Gasteiger partial charge in [-0.15, -0.1) is 0 Å². The first-order valence-electron chi connectivity index (χ1n) is 9.96. The van der Waals surface area contributed by atoms with Gasteiger partial charge in [0.25, 0.3) is 0 Å². The summed E-state index contributed by atoms with van der Waals surface area (Å²) in [4.78, 5) is 2.60. The second kappa shape index (κ2) is 7.72. The van der Waals surface area contributed by atoms with E-state index in [2.05, 4.69) is 65.7 Å². The first-order chi connectivity index (χ1) is 12.3. The lowest BCUT2D eigenvalue weighted by molar-refractivity contribution is 0.263. The highest BCUT2D eigenvalue weighted by Crippen LogP contribution is 2.29. The summed E-state index contributed by atoms with van der Waals surface area (Å²) in [5, 5.41) is 3.52. The fourth-order valence-electron chi connectivity index (χ4n) is 4.38. The Bertz CT molecular complexity index is 662. The van der Waals surface area contributed by atoms with Gasteiger partial charge in [-0.25, -0.2) is 0 Å². The molecule has 0 aliphatic carbocycles. The maximum atomic E-state index is 3.52. The van der Waals surface area contributed by atoms with Crippen LogP contribution >= 0.6 is 0 Å². The monoisotopic (exact) mass is 334 g/mol. The predicted octanol–water partition coefficient (Wildman–Crippen LogP) is 4.98. The number of likely N-dealkylation sites (tertiary alicyclic amines) is 1. The molecule has 0 saturated carbocycles. The van der Waals surface area contributed by atoms with E-state index in [0.29, 0.717) is 12.0 Å². The lowest BCUT2D eigenvalue weighted by Gasteiger charge is -2.24. The zero-order valence-corrected chi connectivity index (χ0v) is 15.4. The van der Waals surface area contributed by atoms with E-state index in [0.717, 1.165) is 6.54 Å². The molecule has 0 aromatic heterocycles.